The molecule has 2 aliphatic heterocycles. The van der Waals surface area contributed by atoms with Crippen LogP contribution >= 0.6 is 0 Å². The largest absolute Gasteiger partial charge is 0.306 e. The number of hydrogen-bond acceptors (Lipinski definition) is 2. The van der Waals surface area contributed by atoms with Crippen LogP contribution in [0.5, 0.6) is 0 Å². The third kappa shape index (κ3) is 0.990. The molecule has 0 radical (unpaired) electrons. The Balaban J connectivity index is 2.31. The molecule has 0 aliphatic carbocycles. The number of carbonyl (C=O) groups excluding carboxylic acids is 1. The highest BCUT2D eigenvalue weighted by Gasteiger charge is 2.38. The van der Waals surface area contributed by atoms with Gasteiger partial charge in [-0.2, -0.15) is 0 Å². The van der Waals surface area contributed by atoms with Crippen molar-refractivity contribution in [1.82, 2.24) is 4.90 Å². The Hall–Kier alpha value is -0.420. The molecule has 2 aliphatic rings. The summed E-state index contributed by atoms with van der Waals surface area (Å²) in [5.74, 6) is 0.986. The monoisotopic (exact) mass is 189 g/mol. The highest BCUT2D eigenvalue weighted by Crippen LogP contribution is 2.26. The molecule has 0 aromatic carbocycles. The van der Waals surface area contributed by atoms with Gasteiger partial charge in [0, 0.05) is 12.0 Å². The minimum Gasteiger partial charge on any atom is -0.306 e. The van der Waals surface area contributed by atoms with E-state index < -0.39 is 0 Å². The minimum absolute atomic E-state index is 0.150. The first-order chi connectivity index (χ1) is 5.33. The Morgan fingerprint density at radius 2 is 2.55 bits per heavy atom. The Labute approximate surface area is 69.7 Å². The lowest BCUT2D eigenvalue weighted by Crippen LogP contribution is -2.53. The van der Waals surface area contributed by atoms with Crippen molar-refractivity contribution in [1.29, 1.82) is 0 Å². The zero-order valence-electron chi connectivity index (χ0n) is 5.73. The molecule has 3 nitrogen and oxygen atoms in total. The summed E-state index contributed by atoms with van der Waals surface area (Å²) in [6, 6.07) is 0. The Kier molecular flexibility index (Phi) is 1.69. The molecule has 1 amide bonds. The van der Waals surface area contributed by atoms with Gasteiger partial charge in [-0.15, -0.1) is 0 Å². The average Bonchev–Trinajstić information content (AvgIpc) is 2.03. The lowest BCUT2D eigenvalue weighted by atomic mass is 10.2. The molecule has 0 N–H and O–H groups in total. The maximum atomic E-state index is 10.9. The maximum Gasteiger partial charge on any atom is 0.230 e. The van der Waals surface area contributed by atoms with E-state index in [2.05, 4.69) is 0 Å². The van der Waals surface area contributed by atoms with Crippen molar-refractivity contribution < 1.29 is 9.00 Å². The van der Waals surface area contributed by atoms with E-state index in [1.807, 2.05) is 6.08 Å². The lowest BCUT2D eigenvalue weighted by Gasteiger charge is -2.40. The highest BCUT2D eigenvalue weighted by atomic mass is 32.8. The van der Waals surface area contributed by atoms with E-state index >= 15 is 0 Å². The Bertz CT molecular complexity index is 293. The van der Waals surface area contributed by atoms with Gasteiger partial charge in [-0.25, -0.2) is 4.21 Å². The molecule has 11 heavy (non-hydrogen) atoms. The number of carbonyl (C=O) groups is 1. The van der Waals surface area contributed by atoms with Crippen molar-refractivity contribution in [2.75, 3.05) is 5.75 Å². The van der Waals surface area contributed by atoms with Gasteiger partial charge >= 0.3 is 0 Å². The number of β-lactam (4-membered cyclic amide) rings is 1. The first-order valence-electron chi connectivity index (χ1n) is 3.31. The molecule has 2 atom stereocenters. The van der Waals surface area contributed by atoms with Gasteiger partial charge in [-0.3, -0.25) is 4.79 Å². The van der Waals surface area contributed by atoms with E-state index in [1.54, 1.807) is 11.1 Å². The summed E-state index contributed by atoms with van der Waals surface area (Å²) in [6.45, 7) is 0. The van der Waals surface area contributed by atoms with Gasteiger partial charge in [-0.05, 0) is 0 Å². The fraction of sp³-hybridized carbons (Fsp3) is 0.500. The zero-order chi connectivity index (χ0) is 7.84. The summed E-state index contributed by atoms with van der Waals surface area (Å²) in [5.41, 5.74) is 0. The molecule has 1 saturated heterocycles. The molecule has 0 aromatic rings. The second-order valence-corrected chi connectivity index (χ2v) is 5.93. The van der Waals surface area contributed by atoms with Crippen LogP contribution in [0, 0.1) is 0 Å². The van der Waals surface area contributed by atoms with E-state index in [1.165, 1.54) is 0 Å². The molecule has 0 bridgehead atoms. The molecular formula is C6H7NO2S2. The molecule has 5 heteroatoms. The van der Waals surface area contributed by atoms with E-state index in [4.69, 9.17) is 0 Å². The van der Waals surface area contributed by atoms with Crippen LogP contribution < -0.4 is 0 Å². The molecule has 2 unspecified atom stereocenters. The number of nitrogens with zero attached hydrogens (tertiary/aromatic N) is 1. The Morgan fingerprint density at radius 3 is 3.18 bits per heavy atom. The van der Waals surface area contributed by atoms with Crippen molar-refractivity contribution in [2.45, 2.75) is 11.8 Å². The predicted molar refractivity (Wildman–Crippen MR) is 44.8 cm³/mol. The lowest BCUT2D eigenvalue weighted by molar-refractivity contribution is -0.137. The third-order valence-corrected chi connectivity index (χ3v) is 5.16. The van der Waals surface area contributed by atoms with Crippen molar-refractivity contribution in [2.24, 2.45) is 0 Å². The maximum absolute atomic E-state index is 10.9. The number of amides is 1. The van der Waals surface area contributed by atoms with Crippen molar-refractivity contribution in [3.05, 3.63) is 12.3 Å². The van der Waals surface area contributed by atoms with Gasteiger partial charge in [0.25, 0.3) is 0 Å². The molecule has 0 spiro atoms. The minimum atomic E-state index is -0.181. The SMILES string of the molecule is O=S=S1CC=CN2C(=O)CC21. The second-order valence-electron chi connectivity index (χ2n) is 2.46. The summed E-state index contributed by atoms with van der Waals surface area (Å²) in [4.78, 5) is 12.6. The summed E-state index contributed by atoms with van der Waals surface area (Å²) < 4.78 is 10.5. The van der Waals surface area contributed by atoms with Gasteiger partial charge in [0.05, 0.1) is 11.8 Å². The molecule has 1 fully saturated rings. The second kappa shape index (κ2) is 2.57. The fourth-order valence-electron chi connectivity index (χ4n) is 1.24. The number of hydrogen-bond donors (Lipinski definition) is 0. The van der Waals surface area contributed by atoms with Crippen molar-refractivity contribution >= 4 is 25.6 Å². The normalized spacial score (nSPS) is 34.5. The van der Waals surface area contributed by atoms with Gasteiger partial charge in [0.2, 0.25) is 5.91 Å². The average molecular weight is 189 g/mol. The van der Waals surface area contributed by atoms with Crippen LogP contribution in [0.4, 0.5) is 0 Å². The molecule has 2 heterocycles. The summed E-state index contributed by atoms with van der Waals surface area (Å²) >= 11 is 0. The third-order valence-electron chi connectivity index (χ3n) is 1.86. The molecule has 60 valence electrons. The molecular weight excluding hydrogens is 182 g/mol. The highest BCUT2D eigenvalue weighted by molar-refractivity contribution is 8.31. The molecule has 2 rings (SSSR count). The van der Waals surface area contributed by atoms with E-state index in [9.17, 15) is 9.00 Å². The predicted octanol–water partition coefficient (Wildman–Crippen LogP) is -0.182. The van der Waals surface area contributed by atoms with Crippen LogP contribution in [-0.4, -0.2) is 26.1 Å². The van der Waals surface area contributed by atoms with E-state index in [-0.39, 0.29) is 20.7 Å². The zero-order valence-corrected chi connectivity index (χ0v) is 7.36. The summed E-state index contributed by atoms with van der Waals surface area (Å²) in [5, 5.41) is 0.218. The van der Waals surface area contributed by atoms with Crippen molar-refractivity contribution in [3.8, 4) is 0 Å². The quantitative estimate of drug-likeness (QED) is 0.496. The Morgan fingerprint density at radius 1 is 1.73 bits per heavy atom. The van der Waals surface area contributed by atoms with E-state index in [0.717, 1.165) is 5.75 Å². The summed E-state index contributed by atoms with van der Waals surface area (Å²) in [6.07, 6.45) is 4.28. The van der Waals surface area contributed by atoms with Crippen LogP contribution in [0.1, 0.15) is 6.42 Å². The molecule has 0 saturated carbocycles. The standard InChI is InChI=1S/C6H7NO2S2/c8-5-4-6-7(5)2-1-3-11(6)10-9/h1-2,6H,3-4H2. The molecule has 0 aromatic heterocycles. The van der Waals surface area contributed by atoms with Crippen LogP contribution in [0.15, 0.2) is 12.3 Å². The van der Waals surface area contributed by atoms with E-state index in [0.29, 0.717) is 16.6 Å². The number of fused-ring (bicyclic) bond motifs is 1. The van der Waals surface area contributed by atoms with Crippen molar-refractivity contribution in [3.63, 3.8) is 0 Å². The fourth-order valence-corrected chi connectivity index (χ4v) is 3.81. The van der Waals surface area contributed by atoms with Crippen LogP contribution in [0.25, 0.3) is 0 Å². The topological polar surface area (TPSA) is 37.4 Å². The number of rotatable bonds is 0. The van der Waals surface area contributed by atoms with Gasteiger partial charge in [0.1, 0.15) is 10.2 Å². The van der Waals surface area contributed by atoms with Gasteiger partial charge in [-0.1, -0.05) is 15.5 Å². The van der Waals surface area contributed by atoms with Crippen LogP contribution in [-0.2, 0) is 24.5 Å². The first kappa shape index (κ1) is 7.24. The smallest absolute Gasteiger partial charge is 0.230 e. The summed E-state index contributed by atoms with van der Waals surface area (Å²) in [7, 11) is 0.463. The van der Waals surface area contributed by atoms with Gasteiger partial charge in [0.15, 0.2) is 0 Å². The van der Waals surface area contributed by atoms with Crippen LogP contribution in [0.3, 0.4) is 0 Å². The first-order valence-corrected chi connectivity index (χ1v) is 6.02. The van der Waals surface area contributed by atoms with Gasteiger partial charge < -0.3 is 4.90 Å². The van der Waals surface area contributed by atoms with Crippen LogP contribution in [0.2, 0.25) is 0 Å².